The highest BCUT2D eigenvalue weighted by Gasteiger charge is 1.97. The van der Waals surface area contributed by atoms with Gasteiger partial charge in [0.05, 0.1) is 17.4 Å². The summed E-state index contributed by atoms with van der Waals surface area (Å²) in [6.45, 7) is 0. The van der Waals surface area contributed by atoms with Crippen molar-refractivity contribution in [3.05, 3.63) is 42.5 Å². The molecule has 0 saturated carbocycles. The van der Waals surface area contributed by atoms with E-state index >= 15 is 0 Å². The van der Waals surface area contributed by atoms with E-state index in [1.54, 1.807) is 30.7 Å². The second-order valence-corrected chi connectivity index (χ2v) is 2.77. The van der Waals surface area contributed by atoms with Gasteiger partial charge in [-0.1, -0.05) is 0 Å². The molecule has 15 heavy (non-hydrogen) atoms. The number of hydrogen-bond acceptors (Lipinski definition) is 5. The monoisotopic (exact) mass is 197 g/mol. The van der Waals surface area contributed by atoms with Crippen LogP contribution in [0.1, 0.15) is 5.56 Å². The van der Waals surface area contributed by atoms with E-state index in [-0.39, 0.29) is 0 Å². The molecule has 0 atom stereocenters. The molecule has 0 fully saturated rings. The molecular weight excluding hydrogens is 190 g/mol. The van der Waals surface area contributed by atoms with Crippen LogP contribution in [0.2, 0.25) is 0 Å². The SMILES string of the molecule is N#Cc1cncc(Nc2ncccn2)c1. The van der Waals surface area contributed by atoms with E-state index in [0.29, 0.717) is 17.2 Å². The lowest BCUT2D eigenvalue weighted by Gasteiger charge is -2.02. The fourth-order valence-corrected chi connectivity index (χ4v) is 1.06. The number of nitrogens with one attached hydrogen (secondary N) is 1. The van der Waals surface area contributed by atoms with E-state index in [2.05, 4.69) is 20.3 Å². The number of rotatable bonds is 2. The Kier molecular flexibility index (Phi) is 2.52. The van der Waals surface area contributed by atoms with E-state index in [9.17, 15) is 0 Å². The highest BCUT2D eigenvalue weighted by Crippen LogP contribution is 2.11. The van der Waals surface area contributed by atoms with E-state index in [1.165, 1.54) is 6.20 Å². The number of nitriles is 1. The number of nitrogens with zero attached hydrogens (tertiary/aromatic N) is 4. The van der Waals surface area contributed by atoms with Gasteiger partial charge in [0, 0.05) is 18.6 Å². The van der Waals surface area contributed by atoms with Gasteiger partial charge in [-0.15, -0.1) is 0 Å². The topological polar surface area (TPSA) is 74.5 Å². The van der Waals surface area contributed by atoms with Crippen LogP contribution in [0.5, 0.6) is 0 Å². The van der Waals surface area contributed by atoms with Gasteiger partial charge in [0.25, 0.3) is 0 Å². The first-order valence-electron chi connectivity index (χ1n) is 4.27. The van der Waals surface area contributed by atoms with E-state index in [1.807, 2.05) is 6.07 Å². The molecule has 0 amide bonds. The van der Waals surface area contributed by atoms with Crippen LogP contribution < -0.4 is 5.32 Å². The van der Waals surface area contributed by atoms with Gasteiger partial charge >= 0.3 is 0 Å². The Morgan fingerprint density at radius 3 is 2.73 bits per heavy atom. The molecule has 0 aliphatic heterocycles. The highest BCUT2D eigenvalue weighted by molar-refractivity contribution is 5.53. The minimum Gasteiger partial charge on any atom is -0.323 e. The predicted octanol–water partition coefficient (Wildman–Crippen LogP) is 1.49. The van der Waals surface area contributed by atoms with Crippen molar-refractivity contribution in [1.29, 1.82) is 5.26 Å². The summed E-state index contributed by atoms with van der Waals surface area (Å²) in [5.74, 6) is 0.481. The van der Waals surface area contributed by atoms with Gasteiger partial charge in [-0.3, -0.25) is 4.98 Å². The molecule has 2 heterocycles. The quantitative estimate of drug-likeness (QED) is 0.789. The van der Waals surface area contributed by atoms with Gasteiger partial charge in [-0.05, 0) is 12.1 Å². The molecular formula is C10H7N5. The normalized spacial score (nSPS) is 9.27. The van der Waals surface area contributed by atoms with Gasteiger partial charge in [-0.2, -0.15) is 5.26 Å². The second-order valence-electron chi connectivity index (χ2n) is 2.77. The van der Waals surface area contributed by atoms with Gasteiger partial charge in [0.15, 0.2) is 0 Å². The lowest BCUT2D eigenvalue weighted by Crippen LogP contribution is -1.96. The maximum absolute atomic E-state index is 8.68. The van der Waals surface area contributed by atoms with Gasteiger partial charge in [0.2, 0.25) is 5.95 Å². The Hall–Kier alpha value is -2.48. The molecule has 0 radical (unpaired) electrons. The number of hydrogen-bond donors (Lipinski definition) is 1. The summed E-state index contributed by atoms with van der Waals surface area (Å²) < 4.78 is 0. The molecule has 0 aliphatic carbocycles. The van der Waals surface area contributed by atoms with Gasteiger partial charge in [-0.25, -0.2) is 9.97 Å². The molecule has 0 aromatic carbocycles. The first-order valence-corrected chi connectivity index (χ1v) is 4.27. The van der Waals surface area contributed by atoms with Crippen LogP contribution >= 0.6 is 0 Å². The van der Waals surface area contributed by atoms with Gasteiger partial charge in [0.1, 0.15) is 6.07 Å². The molecule has 2 aromatic rings. The standard InChI is InChI=1S/C10H7N5/c11-5-8-4-9(7-12-6-8)15-10-13-2-1-3-14-10/h1-4,6-7H,(H,13,14,15). The summed E-state index contributed by atoms with van der Waals surface area (Å²) in [5.41, 5.74) is 1.19. The zero-order chi connectivity index (χ0) is 10.5. The minimum atomic E-state index is 0.481. The first-order chi connectivity index (χ1) is 7.38. The third kappa shape index (κ3) is 2.25. The van der Waals surface area contributed by atoms with E-state index in [0.717, 1.165) is 0 Å². The molecule has 0 saturated heterocycles. The van der Waals surface area contributed by atoms with Crippen molar-refractivity contribution in [2.24, 2.45) is 0 Å². The molecule has 0 spiro atoms. The smallest absolute Gasteiger partial charge is 0.227 e. The van der Waals surface area contributed by atoms with Crippen LogP contribution in [0.4, 0.5) is 11.6 Å². The molecule has 1 N–H and O–H groups in total. The van der Waals surface area contributed by atoms with Crippen molar-refractivity contribution in [3.63, 3.8) is 0 Å². The number of anilines is 2. The Balaban J connectivity index is 2.22. The molecule has 72 valence electrons. The van der Waals surface area contributed by atoms with Crippen LogP contribution in [0, 0.1) is 11.3 Å². The van der Waals surface area contributed by atoms with Crippen LogP contribution in [0.25, 0.3) is 0 Å². The molecule has 5 nitrogen and oxygen atoms in total. The van der Waals surface area contributed by atoms with E-state index in [4.69, 9.17) is 5.26 Å². The Morgan fingerprint density at radius 1 is 1.20 bits per heavy atom. The lowest BCUT2D eigenvalue weighted by atomic mass is 10.3. The Bertz CT molecular complexity index is 489. The summed E-state index contributed by atoms with van der Waals surface area (Å²) >= 11 is 0. The summed E-state index contributed by atoms with van der Waals surface area (Å²) in [6, 6.07) is 5.42. The second kappa shape index (κ2) is 4.15. The summed E-state index contributed by atoms with van der Waals surface area (Å²) in [7, 11) is 0. The average Bonchev–Trinajstić information content (AvgIpc) is 2.31. The minimum absolute atomic E-state index is 0.481. The molecule has 5 heteroatoms. The zero-order valence-corrected chi connectivity index (χ0v) is 7.75. The lowest BCUT2D eigenvalue weighted by molar-refractivity contribution is 1.16. The highest BCUT2D eigenvalue weighted by atomic mass is 15.1. The van der Waals surface area contributed by atoms with Crippen LogP contribution in [0.3, 0.4) is 0 Å². The average molecular weight is 197 g/mol. The molecule has 0 aliphatic rings. The third-order valence-electron chi connectivity index (χ3n) is 1.69. The van der Waals surface area contributed by atoms with Gasteiger partial charge < -0.3 is 5.32 Å². The number of aromatic nitrogens is 3. The maximum atomic E-state index is 8.68. The van der Waals surface area contributed by atoms with E-state index < -0.39 is 0 Å². The molecule has 2 rings (SSSR count). The predicted molar refractivity (Wildman–Crippen MR) is 54.3 cm³/mol. The molecule has 0 unspecified atom stereocenters. The fraction of sp³-hybridized carbons (Fsp3) is 0. The third-order valence-corrected chi connectivity index (χ3v) is 1.69. The van der Waals surface area contributed by atoms with Crippen molar-refractivity contribution in [3.8, 4) is 6.07 Å². The molecule has 2 aromatic heterocycles. The van der Waals surface area contributed by atoms with Crippen LogP contribution in [0.15, 0.2) is 36.9 Å². The van der Waals surface area contributed by atoms with Crippen molar-refractivity contribution < 1.29 is 0 Å². The van der Waals surface area contributed by atoms with Crippen molar-refractivity contribution >= 4 is 11.6 Å². The Morgan fingerprint density at radius 2 is 2.00 bits per heavy atom. The first kappa shape index (κ1) is 9.09. The maximum Gasteiger partial charge on any atom is 0.227 e. The van der Waals surface area contributed by atoms with Crippen molar-refractivity contribution in [2.45, 2.75) is 0 Å². The largest absolute Gasteiger partial charge is 0.323 e. The summed E-state index contributed by atoms with van der Waals surface area (Å²) in [4.78, 5) is 11.9. The van der Waals surface area contributed by atoms with Crippen LogP contribution in [-0.2, 0) is 0 Å². The summed E-state index contributed by atoms with van der Waals surface area (Å²) in [6.07, 6.45) is 6.38. The Labute approximate surface area is 86.5 Å². The van der Waals surface area contributed by atoms with Crippen molar-refractivity contribution in [1.82, 2.24) is 15.0 Å². The van der Waals surface area contributed by atoms with Crippen LogP contribution in [-0.4, -0.2) is 15.0 Å². The fourth-order valence-electron chi connectivity index (χ4n) is 1.06. The zero-order valence-electron chi connectivity index (χ0n) is 7.75. The summed E-state index contributed by atoms with van der Waals surface area (Å²) in [5, 5.41) is 11.6. The number of pyridine rings is 1. The van der Waals surface area contributed by atoms with Crippen molar-refractivity contribution in [2.75, 3.05) is 5.32 Å². The molecule has 0 bridgehead atoms.